The topological polar surface area (TPSA) is 40.7 Å². The first kappa shape index (κ1) is 7.55. The molecule has 1 aromatic rings. The molecule has 0 saturated heterocycles. The van der Waals surface area contributed by atoms with Gasteiger partial charge in [-0.05, 0) is 26.0 Å². The van der Waals surface area contributed by atoms with Crippen LogP contribution in [0.15, 0.2) is 6.08 Å². The van der Waals surface area contributed by atoms with Crippen molar-refractivity contribution >= 4 is 6.08 Å². The Kier molecular flexibility index (Phi) is 1.96. The molecule has 0 spiro atoms. The molecule has 0 fully saturated rings. The molecule has 0 saturated carbocycles. The fraction of sp³-hybridized carbons (Fsp3) is 0.444. The molecule has 0 aromatic carbocycles. The van der Waals surface area contributed by atoms with Gasteiger partial charge in [-0.25, -0.2) is 4.98 Å². The summed E-state index contributed by atoms with van der Waals surface area (Å²) in [6, 6.07) is 0. The van der Waals surface area contributed by atoms with Crippen molar-refractivity contribution in [1.82, 2.24) is 15.3 Å². The number of aryl methyl sites for hydroxylation is 1. The second-order valence-corrected chi connectivity index (χ2v) is 3.02. The lowest BCUT2D eigenvalue weighted by Crippen LogP contribution is -2.06. The molecule has 0 bridgehead atoms. The summed E-state index contributed by atoms with van der Waals surface area (Å²) in [6.45, 7) is 0.820. The zero-order chi connectivity index (χ0) is 8.39. The van der Waals surface area contributed by atoms with E-state index >= 15 is 0 Å². The molecule has 3 heteroatoms. The van der Waals surface area contributed by atoms with Crippen LogP contribution in [0.25, 0.3) is 6.08 Å². The highest BCUT2D eigenvalue weighted by Crippen LogP contribution is 2.15. The van der Waals surface area contributed by atoms with Crippen LogP contribution >= 0.6 is 0 Å². The van der Waals surface area contributed by atoms with Crippen LogP contribution in [0.1, 0.15) is 23.6 Å². The number of imidazole rings is 1. The molecule has 12 heavy (non-hydrogen) atoms. The number of hydrogen-bond donors (Lipinski definition) is 2. The monoisotopic (exact) mass is 163 g/mol. The number of allylic oxidation sites excluding steroid dienone is 1. The molecule has 64 valence electrons. The predicted octanol–water partition coefficient (Wildman–Crippen LogP) is 1.09. The number of nitrogens with one attached hydrogen (secondary N) is 2. The van der Waals surface area contributed by atoms with Crippen molar-refractivity contribution in [3.63, 3.8) is 0 Å². The van der Waals surface area contributed by atoms with Gasteiger partial charge < -0.3 is 10.3 Å². The highest BCUT2D eigenvalue weighted by atomic mass is 15.0. The van der Waals surface area contributed by atoms with Gasteiger partial charge in [-0.1, -0.05) is 6.08 Å². The maximum atomic E-state index is 4.44. The van der Waals surface area contributed by atoms with Crippen molar-refractivity contribution < 1.29 is 0 Å². The van der Waals surface area contributed by atoms with E-state index in [-0.39, 0.29) is 0 Å². The van der Waals surface area contributed by atoms with Crippen molar-refractivity contribution in [3.05, 3.63) is 23.3 Å². The number of rotatable bonds is 2. The highest BCUT2D eigenvalue weighted by molar-refractivity contribution is 5.50. The van der Waals surface area contributed by atoms with E-state index in [2.05, 4.69) is 27.4 Å². The Morgan fingerprint density at radius 1 is 1.67 bits per heavy atom. The van der Waals surface area contributed by atoms with E-state index in [4.69, 9.17) is 0 Å². The summed E-state index contributed by atoms with van der Waals surface area (Å²) in [5, 5.41) is 3.08. The minimum absolute atomic E-state index is 0.820. The van der Waals surface area contributed by atoms with Crippen LogP contribution in [0.4, 0.5) is 0 Å². The third kappa shape index (κ3) is 1.28. The zero-order valence-corrected chi connectivity index (χ0v) is 7.22. The minimum Gasteiger partial charge on any atom is -0.344 e. The summed E-state index contributed by atoms with van der Waals surface area (Å²) >= 11 is 0. The second kappa shape index (κ2) is 3.11. The van der Waals surface area contributed by atoms with E-state index in [0.717, 1.165) is 30.9 Å². The molecule has 0 atom stereocenters. The van der Waals surface area contributed by atoms with Crippen molar-refractivity contribution in [3.8, 4) is 0 Å². The third-order valence-corrected chi connectivity index (χ3v) is 2.04. The molecule has 1 aliphatic rings. The molecule has 3 nitrogen and oxygen atoms in total. The first-order valence-electron chi connectivity index (χ1n) is 4.29. The lowest BCUT2D eigenvalue weighted by atomic mass is 10.1. The van der Waals surface area contributed by atoms with Gasteiger partial charge >= 0.3 is 0 Å². The fourth-order valence-corrected chi connectivity index (χ4v) is 1.48. The van der Waals surface area contributed by atoms with E-state index in [1.807, 2.05) is 7.05 Å². The summed E-state index contributed by atoms with van der Waals surface area (Å²) in [4.78, 5) is 7.75. The molecule has 2 N–H and O–H groups in total. The van der Waals surface area contributed by atoms with Crippen molar-refractivity contribution in [2.75, 3.05) is 7.05 Å². The minimum atomic E-state index is 0.820. The Morgan fingerprint density at radius 3 is 3.33 bits per heavy atom. The van der Waals surface area contributed by atoms with Crippen LogP contribution in [0.3, 0.4) is 0 Å². The van der Waals surface area contributed by atoms with E-state index in [1.165, 1.54) is 5.69 Å². The number of aromatic nitrogens is 2. The van der Waals surface area contributed by atoms with Gasteiger partial charge in [0.1, 0.15) is 5.82 Å². The smallest absolute Gasteiger partial charge is 0.120 e. The Bertz CT molecular complexity index is 299. The van der Waals surface area contributed by atoms with Gasteiger partial charge in [0.05, 0.1) is 12.2 Å². The summed E-state index contributed by atoms with van der Waals surface area (Å²) in [5.41, 5.74) is 2.40. The summed E-state index contributed by atoms with van der Waals surface area (Å²) in [5.74, 6) is 1.04. The quantitative estimate of drug-likeness (QED) is 0.685. The molecule has 0 aliphatic heterocycles. The van der Waals surface area contributed by atoms with Gasteiger partial charge in [-0.2, -0.15) is 0 Å². The van der Waals surface area contributed by atoms with Crippen LogP contribution in [0.5, 0.6) is 0 Å². The van der Waals surface area contributed by atoms with Crippen LogP contribution in [-0.2, 0) is 13.0 Å². The number of nitrogens with zero attached hydrogens (tertiary/aromatic N) is 1. The lowest BCUT2D eigenvalue weighted by molar-refractivity contribution is 0.767. The Morgan fingerprint density at radius 2 is 2.58 bits per heavy atom. The molecule has 0 amide bonds. The van der Waals surface area contributed by atoms with Crippen molar-refractivity contribution in [2.24, 2.45) is 0 Å². The van der Waals surface area contributed by atoms with E-state index < -0.39 is 0 Å². The van der Waals surface area contributed by atoms with Crippen LogP contribution < -0.4 is 5.32 Å². The first-order valence-corrected chi connectivity index (χ1v) is 4.29. The van der Waals surface area contributed by atoms with Gasteiger partial charge in [0.15, 0.2) is 0 Å². The lowest BCUT2D eigenvalue weighted by Gasteiger charge is -2.00. The maximum absolute atomic E-state index is 4.44. The molecule has 0 unspecified atom stereocenters. The fourth-order valence-electron chi connectivity index (χ4n) is 1.48. The van der Waals surface area contributed by atoms with Gasteiger partial charge in [0, 0.05) is 5.69 Å². The van der Waals surface area contributed by atoms with E-state index in [1.54, 1.807) is 0 Å². The zero-order valence-electron chi connectivity index (χ0n) is 7.22. The number of hydrogen-bond acceptors (Lipinski definition) is 2. The Balaban J connectivity index is 2.27. The number of aromatic amines is 1. The van der Waals surface area contributed by atoms with Crippen LogP contribution in [0, 0.1) is 0 Å². The standard InChI is InChI=1S/C9H13N3/c1-10-6-9-11-7-4-2-3-5-8(7)12-9/h2,4,10H,3,5-6H2,1H3,(H,11,12). The summed E-state index contributed by atoms with van der Waals surface area (Å²) in [7, 11) is 1.93. The van der Waals surface area contributed by atoms with Crippen molar-refractivity contribution in [1.29, 1.82) is 0 Å². The molecular weight excluding hydrogens is 150 g/mol. The summed E-state index contributed by atoms with van der Waals surface area (Å²) in [6.07, 6.45) is 6.50. The predicted molar refractivity (Wildman–Crippen MR) is 48.7 cm³/mol. The van der Waals surface area contributed by atoms with E-state index in [0.29, 0.717) is 0 Å². The molecular formula is C9H13N3. The largest absolute Gasteiger partial charge is 0.344 e. The van der Waals surface area contributed by atoms with Gasteiger partial charge in [0.25, 0.3) is 0 Å². The second-order valence-electron chi connectivity index (χ2n) is 3.02. The molecule has 1 aromatic heterocycles. The Labute approximate surface area is 71.9 Å². The summed E-state index contributed by atoms with van der Waals surface area (Å²) < 4.78 is 0. The van der Waals surface area contributed by atoms with Crippen LogP contribution in [0.2, 0.25) is 0 Å². The highest BCUT2D eigenvalue weighted by Gasteiger charge is 2.09. The van der Waals surface area contributed by atoms with Gasteiger partial charge in [-0.3, -0.25) is 0 Å². The maximum Gasteiger partial charge on any atom is 0.120 e. The normalized spacial score (nSPS) is 14.8. The number of H-pyrrole nitrogens is 1. The van der Waals surface area contributed by atoms with E-state index in [9.17, 15) is 0 Å². The SMILES string of the molecule is CNCc1nc2c([nH]1)CCC=C2. The third-order valence-electron chi connectivity index (χ3n) is 2.04. The molecule has 2 rings (SSSR count). The van der Waals surface area contributed by atoms with Crippen molar-refractivity contribution in [2.45, 2.75) is 19.4 Å². The number of fused-ring (bicyclic) bond motifs is 1. The van der Waals surface area contributed by atoms with Crippen LogP contribution in [-0.4, -0.2) is 17.0 Å². The molecule has 0 radical (unpaired) electrons. The molecule has 1 heterocycles. The molecule has 1 aliphatic carbocycles. The van der Waals surface area contributed by atoms with Gasteiger partial charge in [-0.15, -0.1) is 0 Å². The Hall–Kier alpha value is -1.09. The first-order chi connectivity index (χ1) is 5.90. The van der Waals surface area contributed by atoms with Gasteiger partial charge in [0.2, 0.25) is 0 Å². The average molecular weight is 163 g/mol. The average Bonchev–Trinajstić information content (AvgIpc) is 2.47.